The van der Waals surface area contributed by atoms with Gasteiger partial charge in [0.2, 0.25) is 0 Å². The summed E-state index contributed by atoms with van der Waals surface area (Å²) in [6.45, 7) is 7.50. The molecule has 138 valence electrons. The summed E-state index contributed by atoms with van der Waals surface area (Å²) < 4.78 is 15.1. The van der Waals surface area contributed by atoms with Crippen LogP contribution in [0.5, 0.6) is 0 Å². The molecular weight excluding hydrogens is 343 g/mol. The van der Waals surface area contributed by atoms with Gasteiger partial charge in [0, 0.05) is 22.3 Å². The number of anilines is 2. The Balaban J connectivity index is 1.54. The second-order valence-electron chi connectivity index (χ2n) is 8.00. The highest BCUT2D eigenvalue weighted by Gasteiger charge is 2.35. The standard InChI is InChI=1S/C22H27FN2S/c1-15(16-9-10-16)24-21-14-17-13-19(11-12-20(17)26-21)25(22(2,3)23)18-7-5-4-6-8-18/h4-8,14,16,19,24H,1,9-13H2,2-3H3. The van der Waals surface area contributed by atoms with Crippen LogP contribution in [-0.4, -0.2) is 11.8 Å². The van der Waals surface area contributed by atoms with E-state index >= 15 is 4.39 Å². The van der Waals surface area contributed by atoms with Gasteiger partial charge in [-0.3, -0.25) is 0 Å². The first-order chi connectivity index (χ1) is 12.4. The number of benzene rings is 1. The summed E-state index contributed by atoms with van der Waals surface area (Å²) in [7, 11) is 0. The van der Waals surface area contributed by atoms with Crippen molar-refractivity contribution in [1.29, 1.82) is 0 Å². The zero-order chi connectivity index (χ0) is 18.3. The second kappa shape index (κ2) is 6.73. The molecule has 2 aliphatic rings. The molecule has 2 nitrogen and oxygen atoms in total. The fourth-order valence-corrected chi connectivity index (χ4v) is 5.16. The molecule has 1 heterocycles. The van der Waals surface area contributed by atoms with Crippen LogP contribution >= 0.6 is 11.3 Å². The first-order valence-corrected chi connectivity index (χ1v) is 10.3. The lowest BCUT2D eigenvalue weighted by Gasteiger charge is -2.42. The number of hydrogen-bond donors (Lipinski definition) is 1. The number of allylic oxidation sites excluding steroid dienone is 1. The molecule has 26 heavy (non-hydrogen) atoms. The largest absolute Gasteiger partial charge is 0.351 e. The zero-order valence-corrected chi connectivity index (χ0v) is 16.4. The van der Waals surface area contributed by atoms with Crippen LogP contribution in [0.2, 0.25) is 0 Å². The lowest BCUT2D eigenvalue weighted by atomic mass is 9.91. The summed E-state index contributed by atoms with van der Waals surface area (Å²) in [5.74, 6) is -0.733. The third-order valence-electron chi connectivity index (χ3n) is 5.38. The van der Waals surface area contributed by atoms with Gasteiger partial charge in [0.15, 0.2) is 5.79 Å². The first-order valence-electron chi connectivity index (χ1n) is 9.52. The zero-order valence-electron chi connectivity index (χ0n) is 15.6. The minimum Gasteiger partial charge on any atom is -0.351 e. The molecular formula is C22H27FN2S. The number of para-hydroxylation sites is 1. The maximum Gasteiger partial charge on any atom is 0.177 e. The minimum absolute atomic E-state index is 0.180. The van der Waals surface area contributed by atoms with E-state index in [4.69, 9.17) is 0 Å². The third kappa shape index (κ3) is 3.66. The number of halogens is 1. The Bertz CT molecular complexity index is 786. The summed E-state index contributed by atoms with van der Waals surface area (Å²) >= 11 is 1.84. The van der Waals surface area contributed by atoms with Gasteiger partial charge in [0.05, 0.1) is 5.00 Å². The Morgan fingerprint density at radius 2 is 1.96 bits per heavy atom. The van der Waals surface area contributed by atoms with Crippen molar-refractivity contribution in [2.75, 3.05) is 10.2 Å². The van der Waals surface area contributed by atoms with E-state index in [1.54, 1.807) is 13.8 Å². The summed E-state index contributed by atoms with van der Waals surface area (Å²) in [6.07, 6.45) is 5.42. The van der Waals surface area contributed by atoms with E-state index in [1.165, 1.54) is 28.3 Å². The van der Waals surface area contributed by atoms with Crippen molar-refractivity contribution in [3.8, 4) is 0 Å². The number of hydrogen-bond acceptors (Lipinski definition) is 3. The van der Waals surface area contributed by atoms with Gasteiger partial charge in [-0.2, -0.15) is 0 Å². The lowest BCUT2D eigenvalue weighted by Crippen LogP contribution is -2.49. The molecule has 4 heteroatoms. The van der Waals surface area contributed by atoms with Crippen LogP contribution in [0.3, 0.4) is 0 Å². The number of thiophene rings is 1. The van der Waals surface area contributed by atoms with Crippen molar-refractivity contribution in [2.45, 2.75) is 57.8 Å². The highest BCUT2D eigenvalue weighted by Crippen LogP contribution is 2.41. The molecule has 0 aliphatic heterocycles. The molecule has 0 amide bonds. The minimum atomic E-state index is -1.39. The van der Waals surface area contributed by atoms with Crippen molar-refractivity contribution in [2.24, 2.45) is 5.92 Å². The molecule has 2 aromatic rings. The van der Waals surface area contributed by atoms with Gasteiger partial charge in [-0.05, 0) is 75.6 Å². The Morgan fingerprint density at radius 1 is 1.23 bits per heavy atom. The monoisotopic (exact) mass is 370 g/mol. The molecule has 1 atom stereocenters. The molecule has 0 radical (unpaired) electrons. The molecule has 1 aromatic carbocycles. The second-order valence-corrected chi connectivity index (χ2v) is 9.13. The summed E-state index contributed by atoms with van der Waals surface area (Å²) in [5.41, 5.74) is 3.47. The van der Waals surface area contributed by atoms with E-state index in [2.05, 4.69) is 18.0 Å². The SMILES string of the molecule is C=C(Nc1cc2c(s1)CCC(N(c1ccccc1)C(C)(C)F)C2)C1CC1. The molecule has 1 N–H and O–H groups in total. The summed E-state index contributed by atoms with van der Waals surface area (Å²) in [6, 6.07) is 12.4. The van der Waals surface area contributed by atoms with E-state index in [-0.39, 0.29) is 6.04 Å². The van der Waals surface area contributed by atoms with Crippen molar-refractivity contribution >= 4 is 22.0 Å². The molecule has 0 spiro atoms. The number of fused-ring (bicyclic) bond motifs is 1. The van der Waals surface area contributed by atoms with E-state index < -0.39 is 5.79 Å². The van der Waals surface area contributed by atoms with Crippen LogP contribution in [-0.2, 0) is 12.8 Å². The van der Waals surface area contributed by atoms with E-state index in [9.17, 15) is 0 Å². The first kappa shape index (κ1) is 17.6. The predicted molar refractivity (Wildman–Crippen MR) is 110 cm³/mol. The smallest absolute Gasteiger partial charge is 0.177 e. The number of nitrogens with zero attached hydrogens (tertiary/aromatic N) is 1. The maximum absolute atomic E-state index is 15.1. The topological polar surface area (TPSA) is 15.3 Å². The Morgan fingerprint density at radius 3 is 2.62 bits per heavy atom. The normalized spacial score (nSPS) is 19.7. The van der Waals surface area contributed by atoms with Crippen molar-refractivity contribution < 1.29 is 4.39 Å². The number of nitrogens with one attached hydrogen (secondary N) is 1. The Kier molecular flexibility index (Phi) is 4.55. The fourth-order valence-electron chi connectivity index (χ4n) is 4.02. The van der Waals surface area contributed by atoms with Crippen molar-refractivity contribution in [3.05, 3.63) is 59.1 Å². The van der Waals surface area contributed by atoms with Crippen LogP contribution in [0, 0.1) is 5.92 Å². The van der Waals surface area contributed by atoms with Crippen molar-refractivity contribution in [3.63, 3.8) is 0 Å². The van der Waals surface area contributed by atoms with E-state index in [0.717, 1.165) is 30.6 Å². The maximum atomic E-state index is 15.1. The third-order valence-corrected chi connectivity index (χ3v) is 6.54. The van der Waals surface area contributed by atoms with Gasteiger partial charge in [0.25, 0.3) is 0 Å². The lowest BCUT2D eigenvalue weighted by molar-refractivity contribution is 0.185. The van der Waals surface area contributed by atoms with Crippen LogP contribution in [0.25, 0.3) is 0 Å². The molecule has 1 saturated carbocycles. The molecule has 1 aromatic heterocycles. The highest BCUT2D eigenvalue weighted by molar-refractivity contribution is 7.16. The molecule has 4 rings (SSSR count). The van der Waals surface area contributed by atoms with Gasteiger partial charge < -0.3 is 10.2 Å². The average molecular weight is 371 g/mol. The van der Waals surface area contributed by atoms with E-state index in [0.29, 0.717) is 5.92 Å². The molecule has 0 saturated heterocycles. The number of rotatable bonds is 6. The van der Waals surface area contributed by atoms with Crippen LogP contribution < -0.4 is 10.2 Å². The summed E-state index contributed by atoms with van der Waals surface area (Å²) in [4.78, 5) is 3.40. The van der Waals surface area contributed by atoms with Gasteiger partial charge >= 0.3 is 0 Å². The van der Waals surface area contributed by atoms with Crippen molar-refractivity contribution in [1.82, 2.24) is 0 Å². The predicted octanol–water partition coefficient (Wildman–Crippen LogP) is 6.15. The average Bonchev–Trinajstić information content (AvgIpc) is 3.36. The van der Waals surface area contributed by atoms with Crippen LogP contribution in [0.15, 0.2) is 48.7 Å². The molecule has 0 bridgehead atoms. The molecule has 1 fully saturated rings. The van der Waals surface area contributed by atoms with Gasteiger partial charge in [-0.1, -0.05) is 24.8 Å². The van der Waals surface area contributed by atoms with Gasteiger partial charge in [-0.25, -0.2) is 4.39 Å². The quantitative estimate of drug-likeness (QED) is 0.613. The van der Waals surface area contributed by atoms with Gasteiger partial charge in [-0.15, -0.1) is 11.3 Å². The Hall–Kier alpha value is -1.81. The summed E-state index contributed by atoms with van der Waals surface area (Å²) in [5, 5.41) is 4.70. The molecule has 2 aliphatic carbocycles. The number of aryl methyl sites for hydroxylation is 1. The van der Waals surface area contributed by atoms with E-state index in [1.807, 2.05) is 46.6 Å². The highest BCUT2D eigenvalue weighted by atomic mass is 32.1. The van der Waals surface area contributed by atoms with Crippen LogP contribution in [0.4, 0.5) is 15.1 Å². The Labute approximate surface area is 159 Å². The van der Waals surface area contributed by atoms with Crippen LogP contribution in [0.1, 0.15) is 43.6 Å². The van der Waals surface area contributed by atoms with Gasteiger partial charge in [0.1, 0.15) is 0 Å². The number of alkyl halides is 1. The molecule has 1 unspecified atom stereocenters. The fraction of sp³-hybridized carbons (Fsp3) is 0.455.